The van der Waals surface area contributed by atoms with E-state index >= 15 is 0 Å². The smallest absolute Gasteiger partial charge is 0.223 e. The van der Waals surface area contributed by atoms with Crippen LogP contribution < -0.4 is 0 Å². The second-order valence-corrected chi connectivity index (χ2v) is 4.84. The van der Waals surface area contributed by atoms with Crippen LogP contribution in [0.25, 0.3) is 9.69 Å². The third-order valence-corrected chi connectivity index (χ3v) is 3.51. The van der Waals surface area contributed by atoms with E-state index in [1.165, 1.54) is 38.5 Å². The molecule has 0 radical (unpaired) electrons. The monoisotopic (exact) mass is 324 g/mol. The van der Waals surface area contributed by atoms with E-state index in [1.54, 1.807) is 0 Å². The first-order valence-electron chi connectivity index (χ1n) is 6.60. The van der Waals surface area contributed by atoms with Gasteiger partial charge in [-0.3, -0.25) is 0 Å². The van der Waals surface area contributed by atoms with Crippen molar-refractivity contribution in [2.75, 3.05) is 0 Å². The molecule has 2 saturated carbocycles. The first kappa shape index (κ1) is 16.6. The normalized spacial score (nSPS) is 21.1. The molecule has 0 atom stereocenters. The zero-order valence-electron chi connectivity index (χ0n) is 10.4. The largest absolute Gasteiger partial charge is 0.314 e. The van der Waals surface area contributed by atoms with E-state index in [1.807, 2.05) is 0 Å². The van der Waals surface area contributed by atoms with Crippen LogP contribution in [0.1, 0.15) is 64.2 Å². The van der Waals surface area contributed by atoms with E-state index in [2.05, 4.69) is 9.69 Å². The Bertz CT molecular complexity index is 224. The summed E-state index contributed by atoms with van der Waals surface area (Å²) in [5.74, 6) is 0. The molecule has 0 unspecified atom stereocenters. The van der Waals surface area contributed by atoms with Crippen LogP contribution in [-0.2, 0) is 20.4 Å². The van der Waals surface area contributed by atoms with E-state index in [0.717, 1.165) is 25.7 Å². The van der Waals surface area contributed by atoms with Crippen LogP contribution in [0.2, 0.25) is 0 Å². The summed E-state index contributed by atoms with van der Waals surface area (Å²) in [6.45, 7) is 13.4. The fourth-order valence-corrected chi connectivity index (χ4v) is 2.42. The fraction of sp³-hybridized carbons (Fsp3) is 0.857. The van der Waals surface area contributed by atoms with E-state index in [-0.39, 0.29) is 20.4 Å². The molecule has 0 aromatic carbocycles. The van der Waals surface area contributed by atoms with Gasteiger partial charge in [-0.05, 0) is 25.7 Å². The third kappa shape index (κ3) is 7.55. The predicted octanol–water partition coefficient (Wildman–Crippen LogP) is 4.47. The van der Waals surface area contributed by atoms with Crippen molar-refractivity contribution in [3.63, 3.8) is 0 Å². The Hall–Kier alpha value is -0.358. The summed E-state index contributed by atoms with van der Waals surface area (Å²) in [5, 5.41) is 0. The molecule has 2 fully saturated rings. The second-order valence-electron chi connectivity index (χ2n) is 4.84. The molecular weight excluding hydrogens is 303 g/mol. The summed E-state index contributed by atoms with van der Waals surface area (Å²) in [7, 11) is 0. The molecule has 0 bridgehead atoms. The third-order valence-electron chi connectivity index (χ3n) is 3.51. The van der Waals surface area contributed by atoms with Crippen molar-refractivity contribution in [1.29, 1.82) is 0 Å². The van der Waals surface area contributed by atoms with E-state index in [4.69, 9.17) is 13.1 Å². The molecule has 0 saturated heterocycles. The van der Waals surface area contributed by atoms with Gasteiger partial charge in [-0.2, -0.15) is 0 Å². The van der Waals surface area contributed by atoms with Crippen molar-refractivity contribution < 1.29 is 20.4 Å². The van der Waals surface area contributed by atoms with Gasteiger partial charge in [0, 0.05) is 46.1 Å². The Labute approximate surface area is 119 Å². The Kier molecular flexibility index (Phi) is 10.5. The predicted molar refractivity (Wildman–Crippen MR) is 67.0 cm³/mol. The van der Waals surface area contributed by atoms with Gasteiger partial charge in [-0.15, -0.1) is 0 Å². The molecule has 0 spiro atoms. The maximum Gasteiger partial charge on any atom is 0.223 e. The van der Waals surface area contributed by atoms with Crippen molar-refractivity contribution >= 4 is 0 Å². The van der Waals surface area contributed by atoms with Gasteiger partial charge in [0.1, 0.15) is 0 Å². The minimum Gasteiger partial charge on any atom is -0.314 e. The zero-order chi connectivity index (χ0) is 11.6. The van der Waals surface area contributed by atoms with Crippen LogP contribution >= 0.6 is 0 Å². The SMILES string of the molecule is [C-]#[N+]C1CCCCC1.[C-]#[N+]C1CCCCC1.[Pd]. The van der Waals surface area contributed by atoms with Crippen molar-refractivity contribution in [3.8, 4) is 0 Å². The summed E-state index contributed by atoms with van der Waals surface area (Å²) in [6, 6.07) is 0.757. The van der Waals surface area contributed by atoms with Gasteiger partial charge in [0.25, 0.3) is 0 Å². The van der Waals surface area contributed by atoms with Gasteiger partial charge in [0.2, 0.25) is 12.1 Å². The van der Waals surface area contributed by atoms with Gasteiger partial charge in [-0.1, -0.05) is 12.8 Å². The number of hydrogen-bond acceptors (Lipinski definition) is 0. The van der Waals surface area contributed by atoms with E-state index < -0.39 is 0 Å². The van der Waals surface area contributed by atoms with E-state index in [0.29, 0.717) is 12.1 Å². The fourth-order valence-electron chi connectivity index (χ4n) is 2.42. The number of rotatable bonds is 0. The van der Waals surface area contributed by atoms with Crippen molar-refractivity contribution in [1.82, 2.24) is 0 Å². The standard InChI is InChI=1S/2C7H11N.Pd/c2*1-8-7-5-3-2-4-6-7;/h2*7H,2-6H2;. The van der Waals surface area contributed by atoms with Crippen LogP contribution in [0, 0.1) is 13.1 Å². The van der Waals surface area contributed by atoms with Crippen LogP contribution in [-0.4, -0.2) is 12.1 Å². The molecular formula is C14H22N2Pd. The molecule has 2 rings (SSSR count). The van der Waals surface area contributed by atoms with Gasteiger partial charge in [0.15, 0.2) is 0 Å². The quantitative estimate of drug-likeness (QED) is 0.459. The Morgan fingerprint density at radius 3 is 1.06 bits per heavy atom. The molecule has 2 aliphatic rings. The molecule has 0 aliphatic heterocycles. The Morgan fingerprint density at radius 2 is 0.882 bits per heavy atom. The first-order valence-corrected chi connectivity index (χ1v) is 6.60. The molecule has 0 aromatic rings. The minimum atomic E-state index is 0. The zero-order valence-corrected chi connectivity index (χ0v) is 12.0. The molecule has 0 amide bonds. The van der Waals surface area contributed by atoms with Crippen molar-refractivity contribution in [3.05, 3.63) is 22.8 Å². The van der Waals surface area contributed by atoms with Crippen LogP contribution in [0.5, 0.6) is 0 Å². The van der Waals surface area contributed by atoms with Gasteiger partial charge < -0.3 is 9.69 Å². The molecule has 0 heterocycles. The second kappa shape index (κ2) is 10.8. The Morgan fingerprint density at radius 1 is 0.588 bits per heavy atom. The first-order chi connectivity index (χ1) is 7.86. The Balaban J connectivity index is 0.000000284. The average molecular weight is 325 g/mol. The molecule has 0 aromatic heterocycles. The summed E-state index contributed by atoms with van der Waals surface area (Å²) < 4.78 is 0. The topological polar surface area (TPSA) is 8.72 Å². The van der Waals surface area contributed by atoms with Crippen LogP contribution in [0.15, 0.2) is 0 Å². The van der Waals surface area contributed by atoms with Crippen molar-refractivity contribution in [2.24, 2.45) is 0 Å². The summed E-state index contributed by atoms with van der Waals surface area (Å²) in [5.41, 5.74) is 0. The van der Waals surface area contributed by atoms with E-state index in [9.17, 15) is 0 Å². The molecule has 98 valence electrons. The summed E-state index contributed by atoms with van der Waals surface area (Å²) >= 11 is 0. The molecule has 2 aliphatic carbocycles. The summed E-state index contributed by atoms with van der Waals surface area (Å²) in [6.07, 6.45) is 12.5. The maximum atomic E-state index is 6.72. The van der Waals surface area contributed by atoms with Crippen LogP contribution in [0.4, 0.5) is 0 Å². The van der Waals surface area contributed by atoms with Crippen molar-refractivity contribution in [2.45, 2.75) is 76.3 Å². The molecule has 0 N–H and O–H groups in total. The average Bonchev–Trinajstić information content (AvgIpc) is 2.41. The minimum absolute atomic E-state index is 0. The summed E-state index contributed by atoms with van der Waals surface area (Å²) in [4.78, 5) is 7.00. The number of nitrogens with zero attached hydrogens (tertiary/aromatic N) is 2. The van der Waals surface area contributed by atoms with Gasteiger partial charge in [0.05, 0.1) is 0 Å². The maximum absolute atomic E-state index is 6.72. The molecule has 3 heteroatoms. The number of hydrogen-bond donors (Lipinski definition) is 0. The van der Waals surface area contributed by atoms with Gasteiger partial charge >= 0.3 is 0 Å². The molecule has 17 heavy (non-hydrogen) atoms. The van der Waals surface area contributed by atoms with Crippen LogP contribution in [0.3, 0.4) is 0 Å². The van der Waals surface area contributed by atoms with Gasteiger partial charge in [-0.25, -0.2) is 13.1 Å². The molecule has 2 nitrogen and oxygen atoms in total.